The van der Waals surface area contributed by atoms with Gasteiger partial charge in [0.15, 0.2) is 0 Å². The zero-order valence-corrected chi connectivity index (χ0v) is 14.8. The number of benzene rings is 2. The van der Waals surface area contributed by atoms with Gasteiger partial charge in [-0.05, 0) is 30.3 Å². The van der Waals surface area contributed by atoms with Crippen LogP contribution in [0.1, 0.15) is 28.4 Å². The molecule has 7 heteroatoms. The summed E-state index contributed by atoms with van der Waals surface area (Å²) < 4.78 is 15.6. The van der Waals surface area contributed by atoms with E-state index in [4.69, 9.17) is 14.2 Å². The van der Waals surface area contributed by atoms with Crippen LogP contribution in [-0.2, 0) is 4.79 Å². The largest absolute Gasteiger partial charge is 0.497 e. The summed E-state index contributed by atoms with van der Waals surface area (Å²) in [5.41, 5.74) is 0.916. The van der Waals surface area contributed by atoms with Crippen molar-refractivity contribution in [3.05, 3.63) is 53.6 Å². The van der Waals surface area contributed by atoms with Crippen molar-refractivity contribution in [1.82, 2.24) is 5.32 Å². The van der Waals surface area contributed by atoms with E-state index in [-0.39, 0.29) is 6.42 Å². The Kier molecular flexibility index (Phi) is 6.43. The molecule has 7 nitrogen and oxygen atoms in total. The topological polar surface area (TPSA) is 94.1 Å². The molecule has 0 spiro atoms. The first-order chi connectivity index (χ1) is 12.5. The first kappa shape index (κ1) is 19.1. The van der Waals surface area contributed by atoms with Crippen LogP contribution in [0.4, 0.5) is 0 Å². The molecular formula is C19H21NO6. The Morgan fingerprint density at radius 3 is 2.31 bits per heavy atom. The zero-order valence-electron chi connectivity index (χ0n) is 14.8. The summed E-state index contributed by atoms with van der Waals surface area (Å²) in [4.78, 5) is 23.9. The van der Waals surface area contributed by atoms with Crippen LogP contribution in [0.5, 0.6) is 17.2 Å². The first-order valence-electron chi connectivity index (χ1n) is 7.87. The van der Waals surface area contributed by atoms with Gasteiger partial charge in [0.25, 0.3) is 5.91 Å². The van der Waals surface area contributed by atoms with Crippen molar-refractivity contribution < 1.29 is 28.9 Å². The van der Waals surface area contributed by atoms with Crippen LogP contribution in [-0.4, -0.2) is 38.3 Å². The van der Waals surface area contributed by atoms with E-state index in [1.807, 2.05) is 0 Å². The number of carbonyl (C=O) groups excluding carboxylic acids is 1. The van der Waals surface area contributed by atoms with Gasteiger partial charge in [-0.25, -0.2) is 0 Å². The number of ether oxygens (including phenoxy) is 3. The van der Waals surface area contributed by atoms with Crippen molar-refractivity contribution in [2.45, 2.75) is 12.5 Å². The number of rotatable bonds is 8. The Morgan fingerprint density at radius 2 is 1.69 bits per heavy atom. The van der Waals surface area contributed by atoms with Gasteiger partial charge in [0.05, 0.1) is 33.8 Å². The second kappa shape index (κ2) is 8.75. The average Bonchev–Trinajstić information content (AvgIpc) is 2.66. The Labute approximate surface area is 151 Å². The van der Waals surface area contributed by atoms with Gasteiger partial charge in [0.2, 0.25) is 0 Å². The molecule has 0 aliphatic carbocycles. The van der Waals surface area contributed by atoms with E-state index in [1.54, 1.807) is 42.5 Å². The maximum atomic E-state index is 12.6. The molecule has 0 aliphatic rings. The third kappa shape index (κ3) is 4.66. The lowest BCUT2D eigenvalue weighted by Gasteiger charge is -2.20. The molecule has 0 aromatic heterocycles. The zero-order chi connectivity index (χ0) is 19.1. The summed E-state index contributed by atoms with van der Waals surface area (Å²) >= 11 is 0. The third-order valence-corrected chi connectivity index (χ3v) is 3.83. The summed E-state index contributed by atoms with van der Waals surface area (Å²) in [7, 11) is 4.50. The Morgan fingerprint density at radius 1 is 1.00 bits per heavy atom. The van der Waals surface area contributed by atoms with Crippen LogP contribution >= 0.6 is 0 Å². The van der Waals surface area contributed by atoms with Crippen molar-refractivity contribution in [2.75, 3.05) is 21.3 Å². The molecule has 0 bridgehead atoms. The lowest BCUT2D eigenvalue weighted by molar-refractivity contribution is -0.137. The molecule has 2 N–H and O–H groups in total. The molecule has 0 heterocycles. The van der Waals surface area contributed by atoms with E-state index in [1.165, 1.54) is 21.3 Å². The minimum absolute atomic E-state index is 0.293. The molecule has 2 aromatic carbocycles. The molecular weight excluding hydrogens is 338 g/mol. The number of aliphatic carboxylic acids is 1. The van der Waals surface area contributed by atoms with Gasteiger partial charge in [-0.2, -0.15) is 0 Å². The molecule has 2 aromatic rings. The van der Waals surface area contributed by atoms with Crippen LogP contribution in [0.2, 0.25) is 0 Å². The molecule has 1 amide bonds. The van der Waals surface area contributed by atoms with Crippen LogP contribution in [0.3, 0.4) is 0 Å². The Hall–Kier alpha value is -3.22. The van der Waals surface area contributed by atoms with E-state index in [0.29, 0.717) is 28.4 Å². The summed E-state index contributed by atoms with van der Waals surface area (Å²) in [6.07, 6.45) is -0.293. The van der Waals surface area contributed by atoms with Crippen LogP contribution in [0.25, 0.3) is 0 Å². The van der Waals surface area contributed by atoms with E-state index < -0.39 is 17.9 Å². The van der Waals surface area contributed by atoms with Crippen molar-refractivity contribution in [3.63, 3.8) is 0 Å². The number of carbonyl (C=O) groups is 2. The second-order valence-corrected chi connectivity index (χ2v) is 5.46. The molecule has 0 saturated carbocycles. The third-order valence-electron chi connectivity index (χ3n) is 3.83. The van der Waals surface area contributed by atoms with E-state index in [0.717, 1.165) is 0 Å². The summed E-state index contributed by atoms with van der Waals surface area (Å²) in [5.74, 6) is 0.0848. The molecule has 1 atom stereocenters. The molecule has 2 rings (SSSR count). The fourth-order valence-corrected chi connectivity index (χ4v) is 2.53. The highest BCUT2D eigenvalue weighted by molar-refractivity contribution is 5.95. The van der Waals surface area contributed by atoms with E-state index in [9.17, 15) is 14.7 Å². The van der Waals surface area contributed by atoms with Crippen molar-refractivity contribution in [2.24, 2.45) is 0 Å². The van der Waals surface area contributed by atoms with E-state index >= 15 is 0 Å². The highest BCUT2D eigenvalue weighted by atomic mass is 16.5. The molecule has 138 valence electrons. The summed E-state index contributed by atoms with van der Waals surface area (Å²) in [6.45, 7) is 0. The van der Waals surface area contributed by atoms with Crippen molar-refractivity contribution in [1.29, 1.82) is 0 Å². The molecule has 1 unspecified atom stereocenters. The highest BCUT2D eigenvalue weighted by Crippen LogP contribution is 2.31. The predicted octanol–water partition coefficient (Wildman–Crippen LogP) is 2.66. The lowest BCUT2D eigenvalue weighted by Crippen LogP contribution is -2.30. The fraction of sp³-hybridized carbons (Fsp3) is 0.263. The first-order valence-corrected chi connectivity index (χ1v) is 7.87. The number of carboxylic acid groups (broad SMARTS) is 1. The van der Waals surface area contributed by atoms with Gasteiger partial charge in [-0.3, -0.25) is 9.59 Å². The SMILES string of the molecule is COc1cccc(C(=O)NC(CC(=O)O)c2ccc(OC)cc2OC)c1. The number of methoxy groups -OCH3 is 3. The fourth-order valence-electron chi connectivity index (χ4n) is 2.53. The van der Waals surface area contributed by atoms with Crippen molar-refractivity contribution in [3.8, 4) is 17.2 Å². The Balaban J connectivity index is 2.32. The van der Waals surface area contributed by atoms with Crippen LogP contribution in [0, 0.1) is 0 Å². The van der Waals surface area contributed by atoms with Gasteiger partial charge in [0.1, 0.15) is 17.2 Å². The smallest absolute Gasteiger partial charge is 0.305 e. The quantitative estimate of drug-likeness (QED) is 0.753. The van der Waals surface area contributed by atoms with Gasteiger partial charge >= 0.3 is 5.97 Å². The summed E-state index contributed by atoms with van der Waals surface area (Å²) in [6, 6.07) is 10.8. The monoisotopic (exact) mass is 359 g/mol. The number of amides is 1. The van der Waals surface area contributed by atoms with Gasteiger partial charge < -0.3 is 24.6 Å². The number of carboxylic acids is 1. The molecule has 0 radical (unpaired) electrons. The Bertz CT molecular complexity index is 789. The van der Waals surface area contributed by atoms with Gasteiger partial charge in [-0.1, -0.05) is 6.07 Å². The van der Waals surface area contributed by atoms with Crippen LogP contribution < -0.4 is 19.5 Å². The maximum Gasteiger partial charge on any atom is 0.305 e. The standard InChI is InChI=1S/C19H21NO6/c1-24-13-6-4-5-12(9-13)19(23)20-16(11-18(21)22)15-8-7-14(25-2)10-17(15)26-3/h4-10,16H,11H2,1-3H3,(H,20,23)(H,21,22). The number of nitrogens with one attached hydrogen (secondary N) is 1. The highest BCUT2D eigenvalue weighted by Gasteiger charge is 2.23. The number of hydrogen-bond acceptors (Lipinski definition) is 5. The average molecular weight is 359 g/mol. The van der Waals surface area contributed by atoms with Crippen LogP contribution in [0.15, 0.2) is 42.5 Å². The number of hydrogen-bond donors (Lipinski definition) is 2. The molecule has 0 fully saturated rings. The molecule has 0 saturated heterocycles. The summed E-state index contributed by atoms with van der Waals surface area (Å²) in [5, 5.41) is 12.0. The van der Waals surface area contributed by atoms with Gasteiger partial charge in [-0.15, -0.1) is 0 Å². The minimum atomic E-state index is -1.04. The molecule has 26 heavy (non-hydrogen) atoms. The predicted molar refractivity (Wildman–Crippen MR) is 95.0 cm³/mol. The van der Waals surface area contributed by atoms with Crippen molar-refractivity contribution >= 4 is 11.9 Å². The van der Waals surface area contributed by atoms with E-state index in [2.05, 4.69) is 5.32 Å². The minimum Gasteiger partial charge on any atom is -0.497 e. The second-order valence-electron chi connectivity index (χ2n) is 5.46. The van der Waals surface area contributed by atoms with Gasteiger partial charge in [0, 0.05) is 17.2 Å². The normalized spacial score (nSPS) is 11.3. The molecule has 0 aliphatic heterocycles. The maximum absolute atomic E-state index is 12.6. The lowest BCUT2D eigenvalue weighted by atomic mass is 10.0.